The number of benzene rings is 1. The lowest BCUT2D eigenvalue weighted by molar-refractivity contribution is 0.349. The first-order valence-corrected chi connectivity index (χ1v) is 11.4. The molecule has 0 saturated carbocycles. The maximum absolute atomic E-state index is 12.8. The number of halogens is 1. The minimum Gasteiger partial charge on any atom is -0.330 e. The van der Waals surface area contributed by atoms with Crippen molar-refractivity contribution in [2.24, 2.45) is 11.1 Å². The fourth-order valence-corrected chi connectivity index (χ4v) is 6.47. The Morgan fingerprint density at radius 2 is 1.38 bits per heavy atom. The van der Waals surface area contributed by atoms with Crippen LogP contribution in [0.25, 0.3) is 0 Å². The number of hydrogen-bond donors (Lipinski definition) is 1. The summed E-state index contributed by atoms with van der Waals surface area (Å²) < 4.78 is 53.5. The first-order chi connectivity index (χ1) is 11.7. The van der Waals surface area contributed by atoms with E-state index in [4.69, 9.17) is 5.73 Å². The van der Waals surface area contributed by atoms with E-state index in [0.29, 0.717) is 32.7 Å². The lowest BCUT2D eigenvalue weighted by atomic mass is 9.90. The summed E-state index contributed by atoms with van der Waals surface area (Å²) in [6.07, 6.45) is 2.45. The van der Waals surface area contributed by atoms with Gasteiger partial charge in [-0.15, -0.1) is 12.4 Å². The van der Waals surface area contributed by atoms with E-state index >= 15 is 0 Å². The Balaban J connectivity index is 0.00000243. The van der Waals surface area contributed by atoms with Crippen molar-refractivity contribution < 1.29 is 16.8 Å². The fourth-order valence-electron chi connectivity index (χ4n) is 3.36. The molecule has 2 heterocycles. The summed E-state index contributed by atoms with van der Waals surface area (Å²) in [6, 6.07) is 5.55. The third-order valence-electron chi connectivity index (χ3n) is 5.18. The summed E-state index contributed by atoms with van der Waals surface area (Å²) in [4.78, 5) is 0.260. The summed E-state index contributed by atoms with van der Waals surface area (Å²) in [7, 11) is -7.17. The van der Waals surface area contributed by atoms with Crippen LogP contribution in [0, 0.1) is 5.41 Å². The highest BCUT2D eigenvalue weighted by Gasteiger charge is 2.39. The largest absolute Gasteiger partial charge is 0.330 e. The predicted octanol–water partition coefficient (Wildman–Crippen LogP) is 1.25. The van der Waals surface area contributed by atoms with Gasteiger partial charge in [0.25, 0.3) is 0 Å². The second kappa shape index (κ2) is 7.73. The molecule has 0 aliphatic carbocycles. The van der Waals surface area contributed by atoms with E-state index in [0.717, 1.165) is 19.3 Å². The van der Waals surface area contributed by atoms with Crippen molar-refractivity contribution in [3.63, 3.8) is 0 Å². The molecule has 1 atom stereocenters. The third-order valence-corrected chi connectivity index (χ3v) is 8.95. The molecule has 7 nitrogen and oxygen atoms in total. The lowest BCUT2D eigenvalue weighted by Crippen LogP contribution is -2.34. The van der Waals surface area contributed by atoms with Gasteiger partial charge in [0.05, 0.1) is 9.79 Å². The Kier molecular flexibility index (Phi) is 6.42. The van der Waals surface area contributed by atoms with E-state index in [1.807, 2.05) is 6.92 Å². The van der Waals surface area contributed by atoms with Gasteiger partial charge in [-0.2, -0.15) is 8.61 Å². The zero-order chi connectivity index (χ0) is 18.3. The van der Waals surface area contributed by atoms with Gasteiger partial charge in [0.2, 0.25) is 20.0 Å². The molecule has 148 valence electrons. The van der Waals surface area contributed by atoms with Crippen LogP contribution >= 0.6 is 12.4 Å². The van der Waals surface area contributed by atoms with Crippen LogP contribution in [0.5, 0.6) is 0 Å². The molecule has 0 aromatic heterocycles. The summed E-state index contributed by atoms with van der Waals surface area (Å²) in [5.41, 5.74) is 5.54. The van der Waals surface area contributed by atoms with Crippen molar-refractivity contribution in [2.75, 3.05) is 32.7 Å². The van der Waals surface area contributed by atoms with Crippen molar-refractivity contribution >= 4 is 32.5 Å². The molecule has 2 aliphatic heterocycles. The maximum atomic E-state index is 12.8. The SMILES string of the molecule is CC1(CN)CCN(S(=O)(=O)c2ccc(S(=O)(=O)N3CCCC3)cc2)C1.Cl. The smallest absolute Gasteiger partial charge is 0.243 e. The Hall–Kier alpha value is -0.710. The molecule has 0 spiro atoms. The maximum Gasteiger partial charge on any atom is 0.243 e. The number of nitrogens with two attached hydrogens (primary N) is 1. The third kappa shape index (κ3) is 3.93. The second-order valence-electron chi connectivity index (χ2n) is 7.19. The van der Waals surface area contributed by atoms with Gasteiger partial charge < -0.3 is 5.73 Å². The monoisotopic (exact) mass is 423 g/mol. The van der Waals surface area contributed by atoms with Crippen LogP contribution in [0.2, 0.25) is 0 Å². The van der Waals surface area contributed by atoms with Crippen LogP contribution < -0.4 is 5.73 Å². The normalized spacial score (nSPS) is 25.3. The molecule has 0 amide bonds. The quantitative estimate of drug-likeness (QED) is 0.768. The Morgan fingerprint density at radius 1 is 0.923 bits per heavy atom. The zero-order valence-corrected chi connectivity index (χ0v) is 17.2. The topological polar surface area (TPSA) is 101 Å². The van der Waals surface area contributed by atoms with Crippen LogP contribution in [-0.2, 0) is 20.0 Å². The lowest BCUT2D eigenvalue weighted by Gasteiger charge is -2.22. The molecule has 10 heteroatoms. The molecule has 1 unspecified atom stereocenters. The Morgan fingerprint density at radius 3 is 1.81 bits per heavy atom. The van der Waals surface area contributed by atoms with Gasteiger partial charge in [0, 0.05) is 26.2 Å². The van der Waals surface area contributed by atoms with Gasteiger partial charge in [-0.05, 0) is 55.5 Å². The van der Waals surface area contributed by atoms with Gasteiger partial charge in [0.1, 0.15) is 0 Å². The van der Waals surface area contributed by atoms with Crippen LogP contribution in [0.3, 0.4) is 0 Å². The number of rotatable bonds is 5. The second-order valence-corrected chi connectivity index (χ2v) is 11.1. The van der Waals surface area contributed by atoms with E-state index < -0.39 is 20.0 Å². The highest BCUT2D eigenvalue weighted by molar-refractivity contribution is 7.89. The van der Waals surface area contributed by atoms with Crippen molar-refractivity contribution in [3.8, 4) is 0 Å². The van der Waals surface area contributed by atoms with Gasteiger partial charge >= 0.3 is 0 Å². The molecule has 2 N–H and O–H groups in total. The first-order valence-electron chi connectivity index (χ1n) is 8.50. The van der Waals surface area contributed by atoms with Crippen molar-refractivity contribution in [1.82, 2.24) is 8.61 Å². The van der Waals surface area contributed by atoms with Gasteiger partial charge in [-0.3, -0.25) is 0 Å². The Bertz CT molecular complexity index is 837. The molecular formula is C16H26ClN3O4S2. The highest BCUT2D eigenvalue weighted by atomic mass is 35.5. The van der Waals surface area contributed by atoms with E-state index in [1.54, 1.807) is 0 Å². The molecule has 1 aromatic rings. The first kappa shape index (κ1) is 21.6. The van der Waals surface area contributed by atoms with Gasteiger partial charge in [-0.25, -0.2) is 16.8 Å². The minimum atomic E-state index is -3.63. The van der Waals surface area contributed by atoms with Crippen molar-refractivity contribution in [1.29, 1.82) is 0 Å². The van der Waals surface area contributed by atoms with E-state index in [9.17, 15) is 16.8 Å². The zero-order valence-electron chi connectivity index (χ0n) is 14.8. The highest BCUT2D eigenvalue weighted by Crippen LogP contribution is 2.33. The number of nitrogens with zero attached hydrogens (tertiary/aromatic N) is 2. The molecule has 3 rings (SSSR count). The fraction of sp³-hybridized carbons (Fsp3) is 0.625. The predicted molar refractivity (Wildman–Crippen MR) is 102 cm³/mol. The summed E-state index contributed by atoms with van der Waals surface area (Å²) in [5.74, 6) is 0. The molecule has 2 saturated heterocycles. The van der Waals surface area contributed by atoms with E-state index in [1.165, 1.54) is 32.9 Å². The number of hydrogen-bond acceptors (Lipinski definition) is 5. The van der Waals surface area contributed by atoms with Crippen molar-refractivity contribution in [2.45, 2.75) is 36.0 Å². The van der Waals surface area contributed by atoms with Crippen LogP contribution in [0.1, 0.15) is 26.2 Å². The molecule has 0 bridgehead atoms. The Labute approximate surface area is 162 Å². The van der Waals surface area contributed by atoms with E-state index in [-0.39, 0.29) is 27.6 Å². The van der Waals surface area contributed by atoms with E-state index in [2.05, 4.69) is 0 Å². The summed E-state index contributed by atoms with van der Waals surface area (Å²) in [5, 5.41) is 0. The minimum absolute atomic E-state index is 0. The molecular weight excluding hydrogens is 398 g/mol. The average Bonchev–Trinajstić information content (AvgIpc) is 3.26. The van der Waals surface area contributed by atoms with Gasteiger partial charge in [0.15, 0.2) is 0 Å². The molecule has 2 aliphatic rings. The van der Waals surface area contributed by atoms with Crippen LogP contribution in [0.15, 0.2) is 34.1 Å². The molecule has 2 fully saturated rings. The summed E-state index contributed by atoms with van der Waals surface area (Å²) >= 11 is 0. The van der Waals surface area contributed by atoms with Crippen LogP contribution in [-0.4, -0.2) is 58.2 Å². The van der Waals surface area contributed by atoms with Gasteiger partial charge in [-0.1, -0.05) is 6.92 Å². The summed E-state index contributed by atoms with van der Waals surface area (Å²) in [6.45, 7) is 4.28. The molecule has 1 aromatic carbocycles. The van der Waals surface area contributed by atoms with Crippen molar-refractivity contribution in [3.05, 3.63) is 24.3 Å². The standard InChI is InChI=1S/C16H25N3O4S2.ClH/c1-16(12-17)8-11-19(13-16)25(22,23)15-6-4-14(5-7-15)24(20,21)18-9-2-3-10-18;/h4-7H,2-3,8-13,17H2,1H3;1H. The van der Waals surface area contributed by atoms with Crippen LogP contribution in [0.4, 0.5) is 0 Å². The average molecular weight is 424 g/mol. The molecule has 26 heavy (non-hydrogen) atoms. The number of sulfonamides is 2. The molecule has 0 radical (unpaired) electrons.